The van der Waals surface area contributed by atoms with E-state index in [1.165, 1.54) is 12.3 Å². The van der Waals surface area contributed by atoms with Crippen molar-refractivity contribution in [2.45, 2.75) is 0 Å². The summed E-state index contributed by atoms with van der Waals surface area (Å²) in [5, 5.41) is 0. The van der Waals surface area contributed by atoms with E-state index in [-0.39, 0.29) is 0 Å². The van der Waals surface area contributed by atoms with Gasteiger partial charge in [0.25, 0.3) is 0 Å². The molecule has 1 aliphatic carbocycles. The van der Waals surface area contributed by atoms with Crippen molar-refractivity contribution >= 4 is 12.6 Å². The lowest BCUT2D eigenvalue weighted by atomic mass is 10.2. The van der Waals surface area contributed by atoms with Crippen LogP contribution < -0.4 is 5.73 Å². The number of nitrogens with two attached hydrogens (primary N) is 1. The van der Waals surface area contributed by atoms with Crippen molar-refractivity contribution in [2.24, 2.45) is 5.73 Å². The van der Waals surface area contributed by atoms with E-state index in [9.17, 15) is 9.59 Å². The fraction of sp³-hybridized carbons (Fsp3) is 0. The zero-order valence-corrected chi connectivity index (χ0v) is 5.78. The fourth-order valence-electron chi connectivity index (χ4n) is 0.882. The van der Waals surface area contributed by atoms with Gasteiger partial charge in [0.1, 0.15) is 6.29 Å². The van der Waals surface area contributed by atoms with Gasteiger partial charge in [0.05, 0.1) is 0 Å². The molecule has 0 aromatic heterocycles. The number of aldehydes is 2. The predicted octanol–water partition coefficient (Wildman–Crippen LogP) is 0.0932. The van der Waals surface area contributed by atoms with Crippen LogP contribution in [0.25, 0.3) is 0 Å². The standard InChI is InChI=1S/C8H7NO2/c9-3-7-1-6(4-10)2-8(7)5-11/h1-5H,9H2/b7-3-. The SMILES string of the molecule is N/C=C1/C=C(C=O)C=C1C=O. The van der Waals surface area contributed by atoms with Crippen molar-refractivity contribution in [3.05, 3.63) is 35.1 Å². The van der Waals surface area contributed by atoms with E-state index in [0.29, 0.717) is 29.3 Å². The molecule has 0 saturated heterocycles. The Morgan fingerprint density at radius 1 is 1.18 bits per heavy atom. The summed E-state index contributed by atoms with van der Waals surface area (Å²) >= 11 is 0. The molecule has 0 unspecified atom stereocenters. The van der Waals surface area contributed by atoms with E-state index in [1.807, 2.05) is 0 Å². The summed E-state index contributed by atoms with van der Waals surface area (Å²) in [6, 6.07) is 0. The quantitative estimate of drug-likeness (QED) is 0.566. The van der Waals surface area contributed by atoms with E-state index in [0.717, 1.165) is 0 Å². The zero-order valence-electron chi connectivity index (χ0n) is 5.78. The summed E-state index contributed by atoms with van der Waals surface area (Å²) in [5.74, 6) is 0. The van der Waals surface area contributed by atoms with Crippen molar-refractivity contribution in [2.75, 3.05) is 0 Å². The summed E-state index contributed by atoms with van der Waals surface area (Å²) in [7, 11) is 0. The van der Waals surface area contributed by atoms with Gasteiger partial charge in [-0.1, -0.05) is 0 Å². The maximum Gasteiger partial charge on any atom is 0.150 e. The highest BCUT2D eigenvalue weighted by molar-refractivity contribution is 5.92. The van der Waals surface area contributed by atoms with E-state index in [2.05, 4.69) is 0 Å². The molecule has 0 amide bonds. The highest BCUT2D eigenvalue weighted by Gasteiger charge is 2.09. The second-order valence-electron chi connectivity index (χ2n) is 2.10. The van der Waals surface area contributed by atoms with Crippen LogP contribution in [0.2, 0.25) is 0 Å². The van der Waals surface area contributed by atoms with Crippen molar-refractivity contribution in [3.8, 4) is 0 Å². The summed E-state index contributed by atoms with van der Waals surface area (Å²) < 4.78 is 0. The normalized spacial score (nSPS) is 19.5. The first-order chi connectivity index (χ1) is 5.31. The summed E-state index contributed by atoms with van der Waals surface area (Å²) in [6.45, 7) is 0. The van der Waals surface area contributed by atoms with Gasteiger partial charge >= 0.3 is 0 Å². The molecule has 56 valence electrons. The summed E-state index contributed by atoms with van der Waals surface area (Å²) in [5.41, 5.74) is 6.72. The van der Waals surface area contributed by atoms with Crippen molar-refractivity contribution in [1.82, 2.24) is 0 Å². The monoisotopic (exact) mass is 149 g/mol. The van der Waals surface area contributed by atoms with Gasteiger partial charge in [-0.25, -0.2) is 0 Å². The van der Waals surface area contributed by atoms with Crippen molar-refractivity contribution in [3.63, 3.8) is 0 Å². The Balaban J connectivity index is 3.04. The highest BCUT2D eigenvalue weighted by atomic mass is 16.1. The van der Waals surface area contributed by atoms with Gasteiger partial charge in [0.2, 0.25) is 0 Å². The molecule has 0 heterocycles. The smallest absolute Gasteiger partial charge is 0.150 e. The molecule has 1 aliphatic rings. The number of rotatable bonds is 2. The molecule has 3 nitrogen and oxygen atoms in total. The molecule has 11 heavy (non-hydrogen) atoms. The first-order valence-electron chi connectivity index (χ1n) is 3.08. The van der Waals surface area contributed by atoms with E-state index in [1.54, 1.807) is 6.08 Å². The molecule has 3 heteroatoms. The molecule has 0 bridgehead atoms. The molecule has 0 fully saturated rings. The molecule has 0 saturated carbocycles. The lowest BCUT2D eigenvalue weighted by molar-refractivity contribution is -0.105. The molecule has 2 N–H and O–H groups in total. The minimum Gasteiger partial charge on any atom is -0.404 e. The first-order valence-corrected chi connectivity index (χ1v) is 3.08. The van der Waals surface area contributed by atoms with Crippen LogP contribution in [-0.4, -0.2) is 12.6 Å². The van der Waals surface area contributed by atoms with Crippen LogP contribution in [-0.2, 0) is 9.59 Å². The molecular formula is C8H7NO2. The Morgan fingerprint density at radius 2 is 1.91 bits per heavy atom. The largest absolute Gasteiger partial charge is 0.404 e. The van der Waals surface area contributed by atoms with Crippen LogP contribution in [0.3, 0.4) is 0 Å². The van der Waals surface area contributed by atoms with Gasteiger partial charge in [0.15, 0.2) is 6.29 Å². The second-order valence-corrected chi connectivity index (χ2v) is 2.10. The van der Waals surface area contributed by atoms with E-state index >= 15 is 0 Å². The molecule has 0 aliphatic heterocycles. The molecular weight excluding hydrogens is 142 g/mol. The maximum atomic E-state index is 10.3. The molecule has 0 spiro atoms. The van der Waals surface area contributed by atoms with Gasteiger partial charge in [-0.2, -0.15) is 0 Å². The number of allylic oxidation sites excluding steroid dienone is 5. The third kappa shape index (κ3) is 1.26. The van der Waals surface area contributed by atoms with Crippen LogP contribution in [0, 0.1) is 0 Å². The number of carbonyl (C=O) groups is 2. The third-order valence-electron chi connectivity index (χ3n) is 1.42. The van der Waals surface area contributed by atoms with Gasteiger partial charge < -0.3 is 5.73 Å². The van der Waals surface area contributed by atoms with Crippen LogP contribution in [0.15, 0.2) is 35.1 Å². The summed E-state index contributed by atoms with van der Waals surface area (Å²) in [6.07, 6.45) is 5.72. The average Bonchev–Trinajstić information content (AvgIpc) is 2.46. The molecule has 0 aromatic rings. The van der Waals surface area contributed by atoms with Gasteiger partial charge in [-0.3, -0.25) is 9.59 Å². The minimum absolute atomic E-state index is 0.453. The number of hydrogen-bond acceptors (Lipinski definition) is 3. The Morgan fingerprint density at radius 3 is 2.27 bits per heavy atom. The van der Waals surface area contributed by atoms with Gasteiger partial charge in [-0.15, -0.1) is 0 Å². The maximum absolute atomic E-state index is 10.3. The second kappa shape index (κ2) is 2.96. The van der Waals surface area contributed by atoms with Crippen molar-refractivity contribution in [1.29, 1.82) is 0 Å². The first kappa shape index (κ1) is 7.47. The number of hydrogen-bond donors (Lipinski definition) is 1. The Kier molecular flexibility index (Phi) is 2.01. The summed E-state index contributed by atoms with van der Waals surface area (Å²) in [4.78, 5) is 20.6. The predicted molar refractivity (Wildman–Crippen MR) is 40.6 cm³/mol. The van der Waals surface area contributed by atoms with Crippen molar-refractivity contribution < 1.29 is 9.59 Å². The Bertz CT molecular complexity index is 284. The Labute approximate surface area is 63.9 Å². The lowest BCUT2D eigenvalue weighted by Crippen LogP contribution is -1.88. The topological polar surface area (TPSA) is 60.2 Å². The number of carbonyl (C=O) groups excluding carboxylic acids is 2. The zero-order chi connectivity index (χ0) is 8.27. The van der Waals surface area contributed by atoms with Gasteiger partial charge in [-0.05, 0) is 12.2 Å². The van der Waals surface area contributed by atoms with Crippen LogP contribution in [0.1, 0.15) is 0 Å². The highest BCUT2D eigenvalue weighted by Crippen LogP contribution is 2.19. The minimum atomic E-state index is 0.453. The molecule has 0 atom stereocenters. The van der Waals surface area contributed by atoms with E-state index < -0.39 is 0 Å². The average molecular weight is 149 g/mol. The third-order valence-corrected chi connectivity index (χ3v) is 1.42. The lowest BCUT2D eigenvalue weighted by Gasteiger charge is -1.89. The van der Waals surface area contributed by atoms with Crippen LogP contribution >= 0.6 is 0 Å². The Hall–Kier alpha value is -1.64. The molecule has 0 aromatic carbocycles. The molecule has 1 rings (SSSR count). The van der Waals surface area contributed by atoms with Crippen LogP contribution in [0.4, 0.5) is 0 Å². The van der Waals surface area contributed by atoms with Gasteiger partial charge in [0, 0.05) is 22.9 Å². The van der Waals surface area contributed by atoms with Crippen LogP contribution in [0.5, 0.6) is 0 Å². The molecule has 0 radical (unpaired) electrons. The fourth-order valence-corrected chi connectivity index (χ4v) is 0.882. The van der Waals surface area contributed by atoms with E-state index in [4.69, 9.17) is 5.73 Å².